The first kappa shape index (κ1) is 20.6. The van der Waals surface area contributed by atoms with Gasteiger partial charge in [0.25, 0.3) is 10.0 Å². The quantitative estimate of drug-likeness (QED) is 0.740. The van der Waals surface area contributed by atoms with Gasteiger partial charge in [-0.05, 0) is 18.2 Å². The second-order valence-corrected chi connectivity index (χ2v) is 7.67. The topological polar surface area (TPSA) is 96.9 Å². The van der Waals surface area contributed by atoms with Gasteiger partial charge in [0.15, 0.2) is 0 Å². The van der Waals surface area contributed by atoms with Crippen LogP contribution >= 0.6 is 0 Å². The molecule has 0 aliphatic carbocycles. The highest BCUT2D eigenvalue weighted by molar-refractivity contribution is 7.90. The normalized spacial score (nSPS) is 16.2. The number of aliphatic imine (C=N–C) groups is 1. The predicted octanol–water partition coefficient (Wildman–Crippen LogP) is 2.33. The Hall–Kier alpha value is -3.08. The van der Waals surface area contributed by atoms with Gasteiger partial charge in [-0.25, -0.2) is 8.42 Å². The van der Waals surface area contributed by atoms with E-state index in [1.54, 1.807) is 18.2 Å². The molecule has 1 heterocycles. The van der Waals surface area contributed by atoms with Crippen molar-refractivity contribution in [3.63, 3.8) is 0 Å². The summed E-state index contributed by atoms with van der Waals surface area (Å²) in [4.78, 5) is 16.2. The summed E-state index contributed by atoms with van der Waals surface area (Å²) in [6.45, 7) is -0.157. The second kappa shape index (κ2) is 8.11. The number of halogens is 3. The molecule has 0 radical (unpaired) electrons. The molecule has 11 heteroatoms. The van der Waals surface area contributed by atoms with E-state index in [4.69, 9.17) is 0 Å². The highest BCUT2D eigenvalue weighted by atomic mass is 32.2. The summed E-state index contributed by atoms with van der Waals surface area (Å²) in [7, 11) is -3.66. The second-order valence-electron chi connectivity index (χ2n) is 6.01. The van der Waals surface area contributed by atoms with Crippen molar-refractivity contribution in [2.75, 3.05) is 6.54 Å². The summed E-state index contributed by atoms with van der Waals surface area (Å²) in [5.74, 6) is -0.694. The number of sulfonamides is 1. The molecule has 3 rings (SSSR count). The van der Waals surface area contributed by atoms with Crippen LogP contribution in [-0.2, 0) is 21.4 Å². The zero-order valence-electron chi connectivity index (χ0n) is 14.9. The van der Waals surface area contributed by atoms with Crippen LogP contribution in [0, 0.1) is 0 Å². The van der Waals surface area contributed by atoms with Crippen LogP contribution in [-0.4, -0.2) is 33.1 Å². The summed E-state index contributed by atoms with van der Waals surface area (Å²) in [5.41, 5.74) is 0.591. The van der Waals surface area contributed by atoms with Crippen LogP contribution in [0.1, 0.15) is 17.5 Å². The van der Waals surface area contributed by atoms with Crippen LogP contribution in [0.25, 0.3) is 0 Å². The molecule has 154 valence electrons. The van der Waals surface area contributed by atoms with E-state index >= 15 is 0 Å². The van der Waals surface area contributed by atoms with Gasteiger partial charge in [0.1, 0.15) is 11.6 Å². The van der Waals surface area contributed by atoms with Gasteiger partial charge in [-0.15, -0.1) is 13.2 Å². The SMILES string of the molecule is O=C(CCN=C1NS(=O)(=O)c2ccccc21)NCc1ccccc1OC(F)(F)F. The van der Waals surface area contributed by atoms with Crippen molar-refractivity contribution in [3.8, 4) is 5.75 Å². The zero-order chi connectivity index (χ0) is 21.1. The number of carbonyl (C=O) groups is 1. The Labute approximate surface area is 164 Å². The van der Waals surface area contributed by atoms with E-state index in [9.17, 15) is 26.4 Å². The monoisotopic (exact) mass is 427 g/mol. The molecule has 0 saturated heterocycles. The van der Waals surface area contributed by atoms with Gasteiger partial charge in [-0.2, -0.15) is 0 Å². The summed E-state index contributed by atoms with van der Waals surface area (Å²) >= 11 is 0. The van der Waals surface area contributed by atoms with E-state index < -0.39 is 28.0 Å². The Kier molecular flexibility index (Phi) is 5.78. The molecule has 29 heavy (non-hydrogen) atoms. The lowest BCUT2D eigenvalue weighted by molar-refractivity contribution is -0.274. The van der Waals surface area contributed by atoms with E-state index in [-0.39, 0.29) is 35.8 Å². The van der Waals surface area contributed by atoms with Crippen LogP contribution in [0.2, 0.25) is 0 Å². The van der Waals surface area contributed by atoms with E-state index in [0.29, 0.717) is 5.56 Å². The van der Waals surface area contributed by atoms with Crippen LogP contribution < -0.4 is 14.8 Å². The van der Waals surface area contributed by atoms with Crippen molar-refractivity contribution in [3.05, 3.63) is 59.7 Å². The van der Waals surface area contributed by atoms with Gasteiger partial charge < -0.3 is 10.1 Å². The first-order chi connectivity index (χ1) is 13.7. The van der Waals surface area contributed by atoms with E-state index in [2.05, 4.69) is 19.8 Å². The molecule has 0 bridgehead atoms. The number of hydrogen-bond donors (Lipinski definition) is 2. The maximum atomic E-state index is 12.4. The molecule has 1 amide bonds. The molecule has 2 aromatic rings. The number of amidine groups is 1. The lowest BCUT2D eigenvalue weighted by Crippen LogP contribution is -2.26. The Bertz CT molecular complexity index is 1050. The smallest absolute Gasteiger partial charge is 0.405 e. The molecule has 0 fully saturated rings. The maximum Gasteiger partial charge on any atom is 0.573 e. The number of fused-ring (bicyclic) bond motifs is 1. The van der Waals surface area contributed by atoms with Crippen LogP contribution in [0.4, 0.5) is 13.2 Å². The number of nitrogens with zero attached hydrogens (tertiary/aromatic N) is 1. The van der Waals surface area contributed by atoms with Crippen molar-refractivity contribution in [1.29, 1.82) is 0 Å². The van der Waals surface area contributed by atoms with Crippen LogP contribution in [0.3, 0.4) is 0 Å². The van der Waals surface area contributed by atoms with Gasteiger partial charge in [-0.1, -0.05) is 30.3 Å². The molecular weight excluding hydrogens is 411 g/mol. The predicted molar refractivity (Wildman–Crippen MR) is 97.8 cm³/mol. The first-order valence-electron chi connectivity index (χ1n) is 8.43. The molecule has 2 N–H and O–H groups in total. The van der Waals surface area contributed by atoms with E-state index in [0.717, 1.165) is 6.07 Å². The number of benzene rings is 2. The van der Waals surface area contributed by atoms with Gasteiger partial charge in [-0.3, -0.25) is 14.5 Å². The minimum absolute atomic E-state index is 0.00127. The molecule has 0 unspecified atom stereocenters. The molecule has 7 nitrogen and oxygen atoms in total. The molecular formula is C18H16F3N3O4S. The third-order valence-corrected chi connectivity index (χ3v) is 5.34. The standard InChI is InChI=1S/C18H16F3N3O4S/c19-18(20,21)28-14-7-3-1-5-12(14)11-23-16(25)9-10-22-17-13-6-2-4-8-15(13)29(26,27)24-17/h1-8H,9-11H2,(H,22,24)(H,23,25). The van der Waals surface area contributed by atoms with Gasteiger partial charge in [0, 0.05) is 24.1 Å². The van der Waals surface area contributed by atoms with Crippen molar-refractivity contribution in [1.82, 2.24) is 10.0 Å². The molecule has 1 aliphatic heterocycles. The lowest BCUT2D eigenvalue weighted by Gasteiger charge is -2.13. The molecule has 1 aliphatic rings. The molecule has 0 saturated carbocycles. The number of nitrogens with one attached hydrogen (secondary N) is 2. The Balaban J connectivity index is 1.57. The molecule has 0 aromatic heterocycles. The minimum atomic E-state index is -4.83. The lowest BCUT2D eigenvalue weighted by atomic mass is 10.2. The Morgan fingerprint density at radius 1 is 1.10 bits per heavy atom. The number of rotatable bonds is 6. The van der Waals surface area contributed by atoms with Gasteiger partial charge in [0.05, 0.1) is 11.4 Å². The fourth-order valence-electron chi connectivity index (χ4n) is 2.68. The number of hydrogen-bond acceptors (Lipinski definition) is 5. The third kappa shape index (κ3) is 5.25. The number of para-hydroxylation sites is 1. The van der Waals surface area contributed by atoms with E-state index in [1.165, 1.54) is 24.3 Å². The zero-order valence-corrected chi connectivity index (χ0v) is 15.7. The van der Waals surface area contributed by atoms with Crippen molar-refractivity contribution >= 4 is 21.8 Å². The molecule has 0 atom stereocenters. The molecule has 0 spiro atoms. The average molecular weight is 427 g/mol. The maximum absolute atomic E-state index is 12.4. The molecule has 2 aromatic carbocycles. The highest BCUT2D eigenvalue weighted by Crippen LogP contribution is 2.26. The third-order valence-electron chi connectivity index (χ3n) is 3.95. The summed E-state index contributed by atoms with van der Waals surface area (Å²) in [5, 5.41) is 2.49. The van der Waals surface area contributed by atoms with Crippen molar-refractivity contribution in [2.24, 2.45) is 4.99 Å². The van der Waals surface area contributed by atoms with Crippen molar-refractivity contribution < 1.29 is 31.1 Å². The average Bonchev–Trinajstić information content (AvgIpc) is 2.91. The summed E-state index contributed by atoms with van der Waals surface area (Å²) in [6, 6.07) is 11.8. The summed E-state index contributed by atoms with van der Waals surface area (Å²) in [6.07, 6.45) is -4.91. The fraction of sp³-hybridized carbons (Fsp3) is 0.222. The number of carbonyl (C=O) groups excluding carboxylic acids is 1. The van der Waals surface area contributed by atoms with E-state index in [1.807, 2.05) is 0 Å². The van der Waals surface area contributed by atoms with Gasteiger partial charge >= 0.3 is 6.36 Å². The minimum Gasteiger partial charge on any atom is -0.405 e. The van der Waals surface area contributed by atoms with Crippen LogP contribution in [0.5, 0.6) is 5.75 Å². The number of ether oxygens (including phenoxy) is 1. The number of alkyl halides is 3. The fourth-order valence-corrected chi connectivity index (χ4v) is 3.93. The van der Waals surface area contributed by atoms with Gasteiger partial charge in [0.2, 0.25) is 5.91 Å². The Morgan fingerprint density at radius 2 is 1.79 bits per heavy atom. The van der Waals surface area contributed by atoms with Crippen molar-refractivity contribution in [2.45, 2.75) is 24.2 Å². The Morgan fingerprint density at radius 3 is 2.55 bits per heavy atom. The largest absolute Gasteiger partial charge is 0.573 e. The first-order valence-corrected chi connectivity index (χ1v) is 9.91. The summed E-state index contributed by atoms with van der Waals surface area (Å²) < 4.78 is 67.5. The number of amides is 1. The highest BCUT2D eigenvalue weighted by Gasteiger charge is 2.32. The van der Waals surface area contributed by atoms with Crippen LogP contribution in [0.15, 0.2) is 58.4 Å².